The van der Waals surface area contributed by atoms with Gasteiger partial charge in [-0.3, -0.25) is 4.79 Å². The monoisotopic (exact) mass is 152 g/mol. The molecule has 0 aromatic heterocycles. The first kappa shape index (κ1) is 8.21. The van der Waals surface area contributed by atoms with Crippen molar-refractivity contribution in [1.82, 2.24) is 0 Å². The van der Waals surface area contributed by atoms with Crippen LogP contribution < -0.4 is 0 Å². The third kappa shape index (κ3) is 1.77. The van der Waals surface area contributed by atoms with Crippen molar-refractivity contribution in [2.24, 2.45) is 0 Å². The molecule has 0 aromatic rings. The lowest BCUT2D eigenvalue weighted by Gasteiger charge is -2.23. The largest absolute Gasteiger partial charge is 0.386 e. The van der Waals surface area contributed by atoms with E-state index >= 15 is 0 Å². The van der Waals surface area contributed by atoms with Gasteiger partial charge in [0.2, 0.25) is 0 Å². The molecule has 60 valence electrons. The summed E-state index contributed by atoms with van der Waals surface area (Å²) in [5, 5.41) is 9.51. The number of hydrogen-bond acceptors (Lipinski definition) is 2. The number of hydrogen-bond donors (Lipinski definition) is 1. The maximum atomic E-state index is 10.5. The lowest BCUT2D eigenvalue weighted by Crippen LogP contribution is -2.24. The highest BCUT2D eigenvalue weighted by atomic mass is 16.3. The van der Waals surface area contributed by atoms with Crippen molar-refractivity contribution < 1.29 is 9.90 Å². The van der Waals surface area contributed by atoms with Crippen LogP contribution >= 0.6 is 0 Å². The smallest absolute Gasteiger partial charge is 0.146 e. The second-order valence-electron chi connectivity index (χ2n) is 3.19. The summed E-state index contributed by atoms with van der Waals surface area (Å²) in [6, 6.07) is 0. The molecule has 0 heterocycles. The van der Waals surface area contributed by atoms with E-state index in [0.29, 0.717) is 12.0 Å². The molecule has 11 heavy (non-hydrogen) atoms. The second-order valence-corrected chi connectivity index (χ2v) is 3.19. The fourth-order valence-corrected chi connectivity index (χ4v) is 1.13. The first-order valence-electron chi connectivity index (χ1n) is 3.62. The van der Waals surface area contributed by atoms with Crippen molar-refractivity contribution in [3.63, 3.8) is 0 Å². The van der Waals surface area contributed by atoms with Crippen LogP contribution in [0.15, 0.2) is 23.3 Å². The molecule has 0 radical (unpaired) electrons. The first-order chi connectivity index (χ1) is 5.05. The van der Waals surface area contributed by atoms with Gasteiger partial charge in [0.1, 0.15) is 6.29 Å². The second kappa shape index (κ2) is 2.62. The van der Waals surface area contributed by atoms with Gasteiger partial charge in [-0.1, -0.05) is 12.2 Å². The summed E-state index contributed by atoms with van der Waals surface area (Å²) in [5.41, 5.74) is 0.805. The highest BCUT2D eigenvalue weighted by molar-refractivity contribution is 5.76. The number of carbonyl (C=O) groups excluding carboxylic acids is 1. The molecule has 1 unspecified atom stereocenters. The number of aliphatic hydroxyl groups is 1. The summed E-state index contributed by atoms with van der Waals surface area (Å²) in [6.45, 7) is 3.56. The maximum absolute atomic E-state index is 10.5. The van der Waals surface area contributed by atoms with Crippen molar-refractivity contribution in [3.8, 4) is 0 Å². The first-order valence-corrected chi connectivity index (χ1v) is 3.62. The third-order valence-electron chi connectivity index (χ3n) is 1.89. The van der Waals surface area contributed by atoms with Gasteiger partial charge >= 0.3 is 0 Å². The van der Waals surface area contributed by atoms with E-state index in [1.807, 2.05) is 6.92 Å². The Morgan fingerprint density at radius 3 is 2.82 bits per heavy atom. The normalized spacial score (nSPS) is 30.8. The van der Waals surface area contributed by atoms with Crippen LogP contribution in [0.2, 0.25) is 0 Å². The van der Waals surface area contributed by atoms with Crippen molar-refractivity contribution >= 4 is 6.29 Å². The molecule has 1 aliphatic rings. The Labute approximate surface area is 66.2 Å². The molecule has 2 heteroatoms. The zero-order valence-corrected chi connectivity index (χ0v) is 6.79. The number of rotatable bonds is 1. The Bertz CT molecular complexity index is 234. The van der Waals surface area contributed by atoms with E-state index in [-0.39, 0.29) is 0 Å². The highest BCUT2D eigenvalue weighted by Crippen LogP contribution is 2.24. The molecule has 1 aliphatic carbocycles. The summed E-state index contributed by atoms with van der Waals surface area (Å²) in [4.78, 5) is 10.5. The van der Waals surface area contributed by atoms with Crippen LogP contribution in [0.4, 0.5) is 0 Å². The minimum Gasteiger partial charge on any atom is -0.386 e. The fourth-order valence-electron chi connectivity index (χ4n) is 1.13. The zero-order chi connectivity index (χ0) is 8.48. The minimum atomic E-state index is -0.838. The summed E-state index contributed by atoms with van der Waals surface area (Å²) >= 11 is 0. The van der Waals surface area contributed by atoms with Gasteiger partial charge < -0.3 is 5.11 Å². The molecule has 0 aliphatic heterocycles. The SMILES string of the molecule is CC1=C(C=O)CC(C)(O)C=C1. The van der Waals surface area contributed by atoms with Gasteiger partial charge in [-0.05, 0) is 25.0 Å². The molecule has 0 saturated carbocycles. The third-order valence-corrected chi connectivity index (χ3v) is 1.89. The summed E-state index contributed by atoms with van der Waals surface area (Å²) in [6.07, 6.45) is 4.74. The molecule has 1 atom stereocenters. The average Bonchev–Trinajstić information content (AvgIpc) is 1.94. The van der Waals surface area contributed by atoms with E-state index in [0.717, 1.165) is 11.9 Å². The molecule has 0 amide bonds. The van der Waals surface area contributed by atoms with Gasteiger partial charge in [0, 0.05) is 6.42 Å². The standard InChI is InChI=1S/C9H12O2/c1-7-3-4-9(2,11)5-8(7)6-10/h3-4,6,11H,5H2,1-2H3. The maximum Gasteiger partial charge on any atom is 0.146 e. The Hall–Kier alpha value is -0.890. The molecule has 0 aromatic carbocycles. The lowest BCUT2D eigenvalue weighted by atomic mass is 9.89. The van der Waals surface area contributed by atoms with Crippen LogP contribution in [0.1, 0.15) is 20.3 Å². The predicted molar refractivity (Wildman–Crippen MR) is 43.1 cm³/mol. The predicted octanol–water partition coefficient (Wildman–Crippen LogP) is 1.21. The lowest BCUT2D eigenvalue weighted by molar-refractivity contribution is -0.105. The average molecular weight is 152 g/mol. The Morgan fingerprint density at radius 1 is 1.73 bits per heavy atom. The van der Waals surface area contributed by atoms with E-state index in [9.17, 15) is 9.90 Å². The summed E-state index contributed by atoms with van der Waals surface area (Å²) in [7, 11) is 0. The molecule has 1 N–H and O–H groups in total. The van der Waals surface area contributed by atoms with Crippen LogP contribution in [-0.2, 0) is 4.79 Å². The molecule has 0 bridgehead atoms. The topological polar surface area (TPSA) is 37.3 Å². The Morgan fingerprint density at radius 2 is 2.36 bits per heavy atom. The molecule has 2 nitrogen and oxygen atoms in total. The van der Waals surface area contributed by atoms with E-state index in [1.165, 1.54) is 0 Å². The van der Waals surface area contributed by atoms with Crippen LogP contribution in [0, 0.1) is 0 Å². The highest BCUT2D eigenvalue weighted by Gasteiger charge is 2.22. The van der Waals surface area contributed by atoms with Crippen molar-refractivity contribution in [2.45, 2.75) is 25.9 Å². The molecular formula is C9H12O2. The van der Waals surface area contributed by atoms with E-state index in [1.54, 1.807) is 19.1 Å². The van der Waals surface area contributed by atoms with Crippen LogP contribution in [0.3, 0.4) is 0 Å². The zero-order valence-electron chi connectivity index (χ0n) is 6.79. The fraction of sp³-hybridized carbons (Fsp3) is 0.444. The number of allylic oxidation sites excluding steroid dienone is 2. The number of carbonyl (C=O) groups is 1. The molecule has 0 saturated heterocycles. The van der Waals surface area contributed by atoms with Gasteiger partial charge in [-0.2, -0.15) is 0 Å². The van der Waals surface area contributed by atoms with E-state index in [4.69, 9.17) is 0 Å². The van der Waals surface area contributed by atoms with Crippen molar-refractivity contribution in [3.05, 3.63) is 23.3 Å². The molecule has 0 fully saturated rings. The van der Waals surface area contributed by atoms with Crippen LogP contribution in [0.5, 0.6) is 0 Å². The van der Waals surface area contributed by atoms with Crippen molar-refractivity contribution in [1.29, 1.82) is 0 Å². The van der Waals surface area contributed by atoms with Gasteiger partial charge in [0.15, 0.2) is 0 Å². The van der Waals surface area contributed by atoms with Gasteiger partial charge in [-0.25, -0.2) is 0 Å². The Balaban J connectivity index is 2.92. The summed E-state index contributed by atoms with van der Waals surface area (Å²) < 4.78 is 0. The van der Waals surface area contributed by atoms with Gasteiger partial charge in [0.25, 0.3) is 0 Å². The summed E-state index contributed by atoms with van der Waals surface area (Å²) in [5.74, 6) is 0. The van der Waals surface area contributed by atoms with E-state index in [2.05, 4.69) is 0 Å². The van der Waals surface area contributed by atoms with Gasteiger partial charge in [-0.15, -0.1) is 0 Å². The molecule has 0 spiro atoms. The quantitative estimate of drug-likeness (QED) is 0.573. The van der Waals surface area contributed by atoms with Crippen LogP contribution in [-0.4, -0.2) is 17.0 Å². The minimum absolute atomic E-state index is 0.429. The van der Waals surface area contributed by atoms with E-state index < -0.39 is 5.60 Å². The Kier molecular flexibility index (Phi) is 1.96. The molecule has 1 rings (SSSR count). The van der Waals surface area contributed by atoms with Gasteiger partial charge in [0.05, 0.1) is 5.60 Å². The van der Waals surface area contributed by atoms with Crippen LogP contribution in [0.25, 0.3) is 0 Å². The molecular weight excluding hydrogens is 140 g/mol. The number of aldehydes is 1. The van der Waals surface area contributed by atoms with Crippen molar-refractivity contribution in [2.75, 3.05) is 0 Å².